The van der Waals surface area contributed by atoms with E-state index in [1.54, 1.807) is 11.1 Å². The fraction of sp³-hybridized carbons (Fsp3) is 0.667. The Hall–Kier alpha value is -1.62. The van der Waals surface area contributed by atoms with E-state index in [1.807, 2.05) is 19.9 Å². The monoisotopic (exact) mass is 320 g/mol. The molecule has 1 aromatic rings. The van der Waals surface area contributed by atoms with Gasteiger partial charge in [-0.25, -0.2) is 4.98 Å². The fourth-order valence-electron chi connectivity index (χ4n) is 2.92. The Kier molecular flexibility index (Phi) is 6.39. The predicted molar refractivity (Wildman–Crippen MR) is 90.8 cm³/mol. The number of nitrogens with zero attached hydrogens (tertiary/aromatic N) is 2. The number of fused-ring (bicyclic) bond motifs is 1. The van der Waals surface area contributed by atoms with E-state index in [9.17, 15) is 9.90 Å². The summed E-state index contributed by atoms with van der Waals surface area (Å²) in [4.78, 5) is 18.4. The Morgan fingerprint density at radius 1 is 1.35 bits per heavy atom. The van der Waals surface area contributed by atoms with Gasteiger partial charge in [-0.05, 0) is 37.3 Å². The molecule has 0 unspecified atom stereocenters. The third-order valence-corrected chi connectivity index (χ3v) is 4.24. The van der Waals surface area contributed by atoms with Crippen LogP contribution in [0, 0.1) is 0 Å². The second-order valence-electron chi connectivity index (χ2n) is 5.90. The second kappa shape index (κ2) is 8.29. The van der Waals surface area contributed by atoms with Crippen molar-refractivity contribution in [2.75, 3.05) is 11.5 Å². The SMILES string of the molecule is CC.CCCCOc1cnc2c(c1)CCC(=O)N2C1CC(O)C1. The normalized spacial score (nSPS) is 22.6. The average molecular weight is 320 g/mol. The molecule has 1 aliphatic heterocycles. The summed E-state index contributed by atoms with van der Waals surface area (Å²) in [6, 6.07) is 2.11. The first-order chi connectivity index (χ1) is 11.2. The van der Waals surface area contributed by atoms with E-state index in [0.29, 0.717) is 25.9 Å². The van der Waals surface area contributed by atoms with Crippen LogP contribution < -0.4 is 9.64 Å². The van der Waals surface area contributed by atoms with Crippen LogP contribution in [0.25, 0.3) is 0 Å². The van der Waals surface area contributed by atoms with Crippen molar-refractivity contribution in [1.29, 1.82) is 0 Å². The van der Waals surface area contributed by atoms with Crippen molar-refractivity contribution in [2.24, 2.45) is 0 Å². The van der Waals surface area contributed by atoms with Crippen molar-refractivity contribution in [2.45, 2.75) is 71.4 Å². The van der Waals surface area contributed by atoms with Gasteiger partial charge in [0, 0.05) is 12.5 Å². The minimum atomic E-state index is -0.273. The van der Waals surface area contributed by atoms with E-state index >= 15 is 0 Å². The van der Waals surface area contributed by atoms with E-state index < -0.39 is 0 Å². The zero-order valence-corrected chi connectivity index (χ0v) is 14.4. The Morgan fingerprint density at radius 2 is 2.09 bits per heavy atom. The summed E-state index contributed by atoms with van der Waals surface area (Å²) in [7, 11) is 0. The number of rotatable bonds is 5. The summed E-state index contributed by atoms with van der Waals surface area (Å²) in [5.74, 6) is 1.66. The molecule has 5 nitrogen and oxygen atoms in total. The van der Waals surface area contributed by atoms with Crippen LogP contribution in [-0.2, 0) is 11.2 Å². The number of aromatic nitrogens is 1. The van der Waals surface area contributed by atoms with Crippen molar-refractivity contribution in [3.05, 3.63) is 17.8 Å². The molecule has 1 aliphatic carbocycles. The highest BCUT2D eigenvalue weighted by Crippen LogP contribution is 2.35. The molecular formula is C18H28N2O3. The molecule has 1 aromatic heterocycles. The van der Waals surface area contributed by atoms with Crippen LogP contribution >= 0.6 is 0 Å². The summed E-state index contributed by atoms with van der Waals surface area (Å²) in [5, 5.41) is 9.47. The first-order valence-electron chi connectivity index (χ1n) is 8.81. The number of carbonyl (C=O) groups excluding carboxylic acids is 1. The Morgan fingerprint density at radius 3 is 2.74 bits per heavy atom. The predicted octanol–water partition coefficient (Wildman–Crippen LogP) is 3.09. The summed E-state index contributed by atoms with van der Waals surface area (Å²) in [6.07, 6.45) is 6.10. The molecule has 0 aromatic carbocycles. The lowest BCUT2D eigenvalue weighted by atomic mass is 9.86. The van der Waals surface area contributed by atoms with E-state index in [4.69, 9.17) is 4.74 Å². The lowest BCUT2D eigenvalue weighted by Gasteiger charge is -2.42. The van der Waals surface area contributed by atoms with Crippen LogP contribution in [0.2, 0.25) is 0 Å². The summed E-state index contributed by atoms with van der Waals surface area (Å²) < 4.78 is 5.69. The molecule has 1 amide bonds. The number of aliphatic hydroxyl groups excluding tert-OH is 1. The van der Waals surface area contributed by atoms with Crippen molar-refractivity contribution in [1.82, 2.24) is 4.98 Å². The van der Waals surface area contributed by atoms with E-state index in [0.717, 1.165) is 36.4 Å². The number of pyridine rings is 1. The average Bonchev–Trinajstić information content (AvgIpc) is 2.55. The number of ether oxygens (including phenoxy) is 1. The minimum Gasteiger partial charge on any atom is -0.492 e. The third kappa shape index (κ3) is 4.02. The van der Waals surface area contributed by atoms with Gasteiger partial charge in [0.1, 0.15) is 11.6 Å². The van der Waals surface area contributed by atoms with Gasteiger partial charge in [-0.1, -0.05) is 27.2 Å². The quantitative estimate of drug-likeness (QED) is 0.847. The molecule has 2 heterocycles. The van der Waals surface area contributed by atoms with E-state index in [-0.39, 0.29) is 18.1 Å². The number of carbonyl (C=O) groups is 1. The van der Waals surface area contributed by atoms with Gasteiger partial charge in [0.15, 0.2) is 0 Å². The van der Waals surface area contributed by atoms with Crippen LogP contribution in [0.4, 0.5) is 5.82 Å². The zero-order chi connectivity index (χ0) is 16.8. The number of amides is 1. The first-order valence-corrected chi connectivity index (χ1v) is 8.81. The van der Waals surface area contributed by atoms with Gasteiger partial charge in [-0.3, -0.25) is 9.69 Å². The molecule has 0 bridgehead atoms. The van der Waals surface area contributed by atoms with Crippen LogP contribution in [0.5, 0.6) is 5.75 Å². The Labute approximate surface area is 138 Å². The zero-order valence-electron chi connectivity index (χ0n) is 14.4. The second-order valence-corrected chi connectivity index (χ2v) is 5.90. The van der Waals surface area contributed by atoms with Crippen LogP contribution in [0.3, 0.4) is 0 Å². The highest BCUT2D eigenvalue weighted by atomic mass is 16.5. The highest BCUT2D eigenvalue weighted by molar-refractivity contribution is 5.96. The van der Waals surface area contributed by atoms with Crippen molar-refractivity contribution < 1.29 is 14.6 Å². The summed E-state index contributed by atoms with van der Waals surface area (Å²) >= 11 is 0. The highest BCUT2D eigenvalue weighted by Gasteiger charge is 2.39. The first kappa shape index (κ1) is 17.7. The van der Waals surface area contributed by atoms with Crippen molar-refractivity contribution in [3.63, 3.8) is 0 Å². The molecule has 0 saturated heterocycles. The Bertz CT molecular complexity index is 527. The maximum absolute atomic E-state index is 12.2. The van der Waals surface area contributed by atoms with Gasteiger partial charge in [0.25, 0.3) is 0 Å². The maximum Gasteiger partial charge on any atom is 0.228 e. The molecule has 1 saturated carbocycles. The van der Waals surface area contributed by atoms with Crippen molar-refractivity contribution >= 4 is 11.7 Å². The molecule has 128 valence electrons. The number of aryl methyl sites for hydroxylation is 1. The van der Waals surface area contributed by atoms with Crippen LogP contribution in [0.15, 0.2) is 12.3 Å². The van der Waals surface area contributed by atoms with Gasteiger partial charge in [-0.15, -0.1) is 0 Å². The number of unbranched alkanes of at least 4 members (excludes halogenated alkanes) is 1. The number of hydrogen-bond donors (Lipinski definition) is 1. The van der Waals surface area contributed by atoms with Crippen LogP contribution in [-0.4, -0.2) is 34.8 Å². The van der Waals surface area contributed by atoms with E-state index in [2.05, 4.69) is 11.9 Å². The fourth-order valence-corrected chi connectivity index (χ4v) is 2.92. The molecule has 23 heavy (non-hydrogen) atoms. The molecule has 1 N–H and O–H groups in total. The van der Waals surface area contributed by atoms with Gasteiger partial charge >= 0.3 is 0 Å². The molecule has 0 spiro atoms. The molecule has 3 rings (SSSR count). The lowest BCUT2D eigenvalue weighted by Crippen LogP contribution is -2.52. The summed E-state index contributed by atoms with van der Waals surface area (Å²) in [6.45, 7) is 6.83. The molecule has 5 heteroatoms. The smallest absolute Gasteiger partial charge is 0.228 e. The number of hydrogen-bond acceptors (Lipinski definition) is 4. The van der Waals surface area contributed by atoms with Gasteiger partial charge in [-0.2, -0.15) is 0 Å². The Balaban J connectivity index is 0.000000924. The van der Waals surface area contributed by atoms with Crippen molar-refractivity contribution in [3.8, 4) is 5.75 Å². The number of anilines is 1. The molecule has 0 atom stereocenters. The summed E-state index contributed by atoms with van der Waals surface area (Å²) in [5.41, 5.74) is 1.07. The molecule has 2 aliphatic rings. The van der Waals surface area contributed by atoms with E-state index in [1.165, 1.54) is 0 Å². The topological polar surface area (TPSA) is 62.7 Å². The molecule has 0 radical (unpaired) electrons. The molecule has 1 fully saturated rings. The van der Waals surface area contributed by atoms with Crippen LogP contribution in [0.1, 0.15) is 58.4 Å². The number of aliphatic hydroxyl groups is 1. The lowest BCUT2D eigenvalue weighted by molar-refractivity contribution is -0.120. The maximum atomic E-state index is 12.2. The van der Waals surface area contributed by atoms with Gasteiger partial charge < -0.3 is 9.84 Å². The minimum absolute atomic E-state index is 0.103. The molecular weight excluding hydrogens is 292 g/mol. The van der Waals surface area contributed by atoms with Gasteiger partial charge in [0.2, 0.25) is 5.91 Å². The van der Waals surface area contributed by atoms with Gasteiger partial charge in [0.05, 0.1) is 18.9 Å². The largest absolute Gasteiger partial charge is 0.492 e. The standard InChI is InChI=1S/C16H22N2O3.C2H6/c1-2-3-6-21-14-7-11-4-5-15(20)18(16(11)17-10-14)12-8-13(19)9-12;1-2/h7,10,12-13,19H,2-6,8-9H2,1H3;1-2H3. The third-order valence-electron chi connectivity index (χ3n) is 4.24.